The quantitative estimate of drug-likeness (QED) is 0.777. The lowest BCUT2D eigenvalue weighted by atomic mass is 9.93. The molecule has 3 N–H and O–H groups in total. The molecule has 0 fully saturated rings. The van der Waals surface area contributed by atoms with Gasteiger partial charge < -0.3 is 10.7 Å². The average Bonchev–Trinajstić information content (AvgIpc) is 2.29. The standard InChI is InChI=1S/C8H14BrN3/c1-8(2,3)6-7(9)12-5(4-10)11-6/h4,10H2,1-3H3,(H,11,12). The van der Waals surface area contributed by atoms with E-state index in [2.05, 4.69) is 46.7 Å². The number of halogens is 1. The van der Waals surface area contributed by atoms with Gasteiger partial charge in [-0.2, -0.15) is 0 Å². The van der Waals surface area contributed by atoms with E-state index in [9.17, 15) is 0 Å². The van der Waals surface area contributed by atoms with Crippen molar-refractivity contribution in [1.29, 1.82) is 0 Å². The van der Waals surface area contributed by atoms with Crippen LogP contribution >= 0.6 is 15.9 Å². The van der Waals surface area contributed by atoms with E-state index in [1.165, 1.54) is 0 Å². The van der Waals surface area contributed by atoms with E-state index in [0.717, 1.165) is 16.1 Å². The van der Waals surface area contributed by atoms with Crippen LogP contribution in [0.15, 0.2) is 4.60 Å². The van der Waals surface area contributed by atoms with E-state index in [4.69, 9.17) is 5.73 Å². The van der Waals surface area contributed by atoms with Gasteiger partial charge in [-0.1, -0.05) is 20.8 Å². The van der Waals surface area contributed by atoms with Gasteiger partial charge in [0.1, 0.15) is 10.4 Å². The Hall–Kier alpha value is -0.350. The maximum Gasteiger partial charge on any atom is 0.128 e. The zero-order chi connectivity index (χ0) is 9.35. The Morgan fingerprint density at radius 3 is 2.33 bits per heavy atom. The van der Waals surface area contributed by atoms with Crippen LogP contribution in [-0.4, -0.2) is 9.97 Å². The van der Waals surface area contributed by atoms with E-state index in [1.54, 1.807) is 0 Å². The van der Waals surface area contributed by atoms with Crippen molar-refractivity contribution in [3.05, 3.63) is 16.1 Å². The number of hydrogen-bond donors (Lipinski definition) is 2. The Balaban J connectivity index is 3.08. The zero-order valence-electron chi connectivity index (χ0n) is 7.61. The molecule has 0 aliphatic rings. The first-order chi connectivity index (χ1) is 5.45. The molecule has 0 aromatic carbocycles. The fraction of sp³-hybridized carbons (Fsp3) is 0.625. The van der Waals surface area contributed by atoms with Gasteiger partial charge in [0, 0.05) is 5.41 Å². The molecule has 0 radical (unpaired) electrons. The number of H-pyrrole nitrogens is 1. The zero-order valence-corrected chi connectivity index (χ0v) is 9.20. The summed E-state index contributed by atoms with van der Waals surface area (Å²) in [7, 11) is 0. The molecule has 0 aliphatic heterocycles. The summed E-state index contributed by atoms with van der Waals surface area (Å²) >= 11 is 3.40. The van der Waals surface area contributed by atoms with Crippen molar-refractivity contribution in [2.45, 2.75) is 32.7 Å². The number of rotatable bonds is 1. The maximum atomic E-state index is 5.46. The second-order valence-electron chi connectivity index (χ2n) is 3.80. The van der Waals surface area contributed by atoms with Gasteiger partial charge >= 0.3 is 0 Å². The van der Waals surface area contributed by atoms with Gasteiger partial charge in [0.25, 0.3) is 0 Å². The Bertz CT molecular complexity index is 272. The van der Waals surface area contributed by atoms with Crippen molar-refractivity contribution in [2.75, 3.05) is 0 Å². The Morgan fingerprint density at radius 2 is 2.08 bits per heavy atom. The van der Waals surface area contributed by atoms with Crippen LogP contribution in [-0.2, 0) is 12.0 Å². The summed E-state index contributed by atoms with van der Waals surface area (Å²) in [5, 5.41) is 0. The summed E-state index contributed by atoms with van der Waals surface area (Å²) in [6, 6.07) is 0. The van der Waals surface area contributed by atoms with E-state index in [-0.39, 0.29) is 5.41 Å². The van der Waals surface area contributed by atoms with Crippen molar-refractivity contribution in [3.8, 4) is 0 Å². The summed E-state index contributed by atoms with van der Waals surface area (Å²) < 4.78 is 0.871. The first-order valence-corrected chi connectivity index (χ1v) is 4.69. The van der Waals surface area contributed by atoms with Crippen molar-refractivity contribution in [3.63, 3.8) is 0 Å². The minimum atomic E-state index is 0.0826. The third kappa shape index (κ3) is 1.87. The molecule has 0 saturated carbocycles. The Morgan fingerprint density at radius 1 is 1.50 bits per heavy atom. The lowest BCUT2D eigenvalue weighted by Gasteiger charge is -2.16. The summed E-state index contributed by atoms with van der Waals surface area (Å²) in [6.07, 6.45) is 0. The number of nitrogens with zero attached hydrogens (tertiary/aromatic N) is 1. The number of hydrogen-bond acceptors (Lipinski definition) is 2. The Kier molecular flexibility index (Phi) is 2.58. The van der Waals surface area contributed by atoms with Gasteiger partial charge in [-0.05, 0) is 15.9 Å². The SMILES string of the molecule is CC(C)(C)c1[nH]c(CN)nc1Br. The van der Waals surface area contributed by atoms with Crippen LogP contribution in [0.5, 0.6) is 0 Å². The fourth-order valence-corrected chi connectivity index (χ4v) is 1.90. The molecular weight excluding hydrogens is 218 g/mol. The largest absolute Gasteiger partial charge is 0.343 e. The molecule has 12 heavy (non-hydrogen) atoms. The third-order valence-corrected chi connectivity index (χ3v) is 2.23. The first kappa shape index (κ1) is 9.74. The van der Waals surface area contributed by atoms with E-state index in [0.29, 0.717) is 6.54 Å². The molecule has 0 saturated heterocycles. The second-order valence-corrected chi connectivity index (χ2v) is 4.55. The highest BCUT2D eigenvalue weighted by molar-refractivity contribution is 9.10. The summed E-state index contributed by atoms with van der Waals surface area (Å²) in [6.45, 7) is 6.84. The predicted molar refractivity (Wildman–Crippen MR) is 52.9 cm³/mol. The third-order valence-electron chi connectivity index (χ3n) is 1.65. The monoisotopic (exact) mass is 231 g/mol. The lowest BCUT2D eigenvalue weighted by Crippen LogP contribution is -2.12. The van der Waals surface area contributed by atoms with Crippen LogP contribution in [0.25, 0.3) is 0 Å². The molecule has 3 nitrogen and oxygen atoms in total. The van der Waals surface area contributed by atoms with E-state index >= 15 is 0 Å². The molecule has 4 heteroatoms. The lowest BCUT2D eigenvalue weighted by molar-refractivity contribution is 0.567. The van der Waals surface area contributed by atoms with Crippen LogP contribution in [0.2, 0.25) is 0 Å². The van der Waals surface area contributed by atoms with Gasteiger partial charge in [-0.3, -0.25) is 0 Å². The summed E-state index contributed by atoms with van der Waals surface area (Å²) in [5.41, 5.74) is 6.64. The van der Waals surface area contributed by atoms with Gasteiger partial charge in [0.15, 0.2) is 0 Å². The number of nitrogens with two attached hydrogens (primary N) is 1. The molecule has 0 unspecified atom stereocenters. The first-order valence-electron chi connectivity index (χ1n) is 3.90. The molecule has 0 bridgehead atoms. The fourth-order valence-electron chi connectivity index (χ4n) is 0.992. The molecule has 1 heterocycles. The van der Waals surface area contributed by atoms with Gasteiger partial charge in [-0.25, -0.2) is 4.98 Å². The molecule has 68 valence electrons. The Labute approximate surface area is 80.9 Å². The molecule has 1 aromatic heterocycles. The summed E-state index contributed by atoms with van der Waals surface area (Å²) in [4.78, 5) is 7.42. The highest BCUT2D eigenvalue weighted by Crippen LogP contribution is 2.27. The summed E-state index contributed by atoms with van der Waals surface area (Å²) in [5.74, 6) is 0.826. The molecule has 1 rings (SSSR count). The molecule has 0 aliphatic carbocycles. The van der Waals surface area contributed by atoms with Crippen LogP contribution in [0.1, 0.15) is 32.3 Å². The number of nitrogens with one attached hydrogen (secondary N) is 1. The van der Waals surface area contributed by atoms with E-state index < -0.39 is 0 Å². The van der Waals surface area contributed by atoms with Gasteiger partial charge in [0.05, 0.1) is 12.2 Å². The van der Waals surface area contributed by atoms with Crippen molar-refractivity contribution in [2.24, 2.45) is 5.73 Å². The van der Waals surface area contributed by atoms with Crippen LogP contribution in [0, 0.1) is 0 Å². The molecule has 0 atom stereocenters. The van der Waals surface area contributed by atoms with Crippen LogP contribution < -0.4 is 5.73 Å². The minimum Gasteiger partial charge on any atom is -0.343 e. The topological polar surface area (TPSA) is 54.7 Å². The number of aromatic amines is 1. The molecule has 1 aromatic rings. The second kappa shape index (κ2) is 3.18. The predicted octanol–water partition coefficient (Wildman–Crippen LogP) is 1.93. The molecule has 0 amide bonds. The maximum absolute atomic E-state index is 5.46. The number of aromatic nitrogens is 2. The minimum absolute atomic E-state index is 0.0826. The normalized spacial score (nSPS) is 12.1. The average molecular weight is 232 g/mol. The van der Waals surface area contributed by atoms with Crippen molar-refractivity contribution < 1.29 is 0 Å². The van der Waals surface area contributed by atoms with Gasteiger partial charge in [-0.15, -0.1) is 0 Å². The molecule has 0 spiro atoms. The highest BCUT2D eigenvalue weighted by atomic mass is 79.9. The highest BCUT2D eigenvalue weighted by Gasteiger charge is 2.20. The van der Waals surface area contributed by atoms with Crippen molar-refractivity contribution >= 4 is 15.9 Å². The van der Waals surface area contributed by atoms with Crippen LogP contribution in [0.4, 0.5) is 0 Å². The molecular formula is C8H14BrN3. The van der Waals surface area contributed by atoms with E-state index in [1.807, 2.05) is 0 Å². The van der Waals surface area contributed by atoms with Gasteiger partial charge in [0.2, 0.25) is 0 Å². The van der Waals surface area contributed by atoms with Crippen LogP contribution in [0.3, 0.4) is 0 Å². The van der Waals surface area contributed by atoms with Crippen molar-refractivity contribution in [1.82, 2.24) is 9.97 Å². The number of imidazole rings is 1. The smallest absolute Gasteiger partial charge is 0.128 e.